The first-order valence-electron chi connectivity index (χ1n) is 7.49. The fourth-order valence-corrected chi connectivity index (χ4v) is 5.57. The van der Waals surface area contributed by atoms with Gasteiger partial charge in [-0.25, -0.2) is 8.42 Å². The van der Waals surface area contributed by atoms with E-state index in [-0.39, 0.29) is 0 Å². The van der Waals surface area contributed by atoms with Crippen LogP contribution in [0.25, 0.3) is 0 Å². The van der Waals surface area contributed by atoms with Gasteiger partial charge in [0.05, 0.1) is 10.6 Å². The van der Waals surface area contributed by atoms with Gasteiger partial charge in [0.2, 0.25) is 0 Å². The summed E-state index contributed by atoms with van der Waals surface area (Å²) in [5.74, 6) is 0.600. The molecule has 4 heteroatoms. The molecule has 0 radical (unpaired) electrons. The third-order valence-corrected chi connectivity index (χ3v) is 6.98. The van der Waals surface area contributed by atoms with Gasteiger partial charge in [0, 0.05) is 12.1 Å². The molecule has 1 aromatic carbocycles. The van der Waals surface area contributed by atoms with Gasteiger partial charge in [-0.15, -0.1) is 0 Å². The first-order chi connectivity index (χ1) is 9.47. The number of sulfone groups is 1. The molecule has 2 aliphatic heterocycles. The van der Waals surface area contributed by atoms with Crippen molar-refractivity contribution >= 4 is 9.84 Å². The molecule has 0 spiro atoms. The van der Waals surface area contributed by atoms with Crippen molar-refractivity contribution in [3.63, 3.8) is 0 Å². The molecule has 3 atom stereocenters. The highest BCUT2D eigenvalue weighted by atomic mass is 32.2. The molecule has 1 unspecified atom stereocenters. The molecule has 2 heterocycles. The molecule has 0 N–H and O–H groups in total. The highest BCUT2D eigenvalue weighted by Gasteiger charge is 2.41. The SMILES string of the molecule is Cc1ccc(S(=O)(=O)CC2CC[C@@H]3CC[C@H]2N3C)cc1. The van der Waals surface area contributed by atoms with E-state index in [1.807, 2.05) is 19.1 Å². The molecular formula is C16H23NO2S. The van der Waals surface area contributed by atoms with Crippen LogP contribution >= 0.6 is 0 Å². The molecule has 0 saturated carbocycles. The van der Waals surface area contributed by atoms with Crippen molar-refractivity contribution in [1.82, 2.24) is 4.90 Å². The quantitative estimate of drug-likeness (QED) is 0.860. The highest BCUT2D eigenvalue weighted by Crippen LogP contribution is 2.39. The molecule has 3 nitrogen and oxygen atoms in total. The predicted octanol–water partition coefficient (Wildman–Crippen LogP) is 2.64. The fraction of sp³-hybridized carbons (Fsp3) is 0.625. The van der Waals surface area contributed by atoms with E-state index < -0.39 is 9.84 Å². The van der Waals surface area contributed by atoms with Crippen molar-refractivity contribution in [3.8, 4) is 0 Å². The van der Waals surface area contributed by atoms with Gasteiger partial charge in [0.25, 0.3) is 0 Å². The van der Waals surface area contributed by atoms with E-state index in [0.717, 1.165) is 24.8 Å². The molecule has 110 valence electrons. The predicted molar refractivity (Wildman–Crippen MR) is 80.5 cm³/mol. The maximum absolute atomic E-state index is 12.6. The van der Waals surface area contributed by atoms with Crippen LogP contribution in [0.4, 0.5) is 0 Å². The zero-order chi connectivity index (χ0) is 14.3. The van der Waals surface area contributed by atoms with Crippen LogP contribution in [0.1, 0.15) is 31.2 Å². The minimum atomic E-state index is -3.15. The maximum atomic E-state index is 12.6. The summed E-state index contributed by atoms with van der Waals surface area (Å²) in [6.45, 7) is 1.98. The fourth-order valence-electron chi connectivity index (χ4n) is 3.87. The van der Waals surface area contributed by atoms with E-state index in [2.05, 4.69) is 11.9 Å². The van der Waals surface area contributed by atoms with E-state index in [1.165, 1.54) is 6.42 Å². The lowest BCUT2D eigenvalue weighted by Crippen LogP contribution is -2.44. The van der Waals surface area contributed by atoms with Crippen LogP contribution in [0.2, 0.25) is 0 Å². The van der Waals surface area contributed by atoms with Crippen LogP contribution in [-0.4, -0.2) is 38.2 Å². The van der Waals surface area contributed by atoms with Crippen molar-refractivity contribution in [3.05, 3.63) is 29.8 Å². The molecule has 2 fully saturated rings. The minimum absolute atomic E-state index is 0.296. The summed E-state index contributed by atoms with van der Waals surface area (Å²) in [5, 5.41) is 0. The minimum Gasteiger partial charge on any atom is -0.300 e. The number of hydrogen-bond donors (Lipinski definition) is 0. The average Bonchev–Trinajstić information content (AvgIpc) is 2.64. The first kappa shape index (κ1) is 14.1. The van der Waals surface area contributed by atoms with E-state index in [9.17, 15) is 8.42 Å². The number of aryl methyl sites for hydroxylation is 1. The molecule has 20 heavy (non-hydrogen) atoms. The van der Waals surface area contributed by atoms with Crippen LogP contribution in [0, 0.1) is 12.8 Å². The Bertz CT molecular complexity index is 579. The molecule has 2 bridgehead atoms. The van der Waals surface area contributed by atoms with Crippen molar-refractivity contribution in [2.45, 2.75) is 49.6 Å². The summed E-state index contributed by atoms with van der Waals surface area (Å²) >= 11 is 0. The van der Waals surface area contributed by atoms with E-state index in [1.54, 1.807) is 12.1 Å². The summed E-state index contributed by atoms with van der Waals surface area (Å²) < 4.78 is 25.1. The molecule has 3 rings (SSSR count). The highest BCUT2D eigenvalue weighted by molar-refractivity contribution is 7.91. The molecule has 0 amide bonds. The second-order valence-corrected chi connectivity index (χ2v) is 8.43. The third-order valence-electron chi connectivity index (χ3n) is 5.12. The Balaban J connectivity index is 1.78. The molecular weight excluding hydrogens is 270 g/mol. The second kappa shape index (κ2) is 5.15. The standard InChI is InChI=1S/C16H23NO2S/c1-12-3-8-15(9-4-12)20(18,19)11-13-5-6-14-7-10-16(13)17(14)2/h3-4,8-9,13-14,16H,5-7,10-11H2,1-2H3/t13?,14-,16-/m1/s1. The molecule has 0 aromatic heterocycles. The summed E-state index contributed by atoms with van der Waals surface area (Å²) in [5.41, 5.74) is 1.10. The topological polar surface area (TPSA) is 37.4 Å². The van der Waals surface area contributed by atoms with Gasteiger partial charge in [-0.2, -0.15) is 0 Å². The van der Waals surface area contributed by atoms with Crippen molar-refractivity contribution in [2.75, 3.05) is 12.8 Å². The zero-order valence-corrected chi connectivity index (χ0v) is 13.1. The van der Waals surface area contributed by atoms with Crippen molar-refractivity contribution in [2.24, 2.45) is 5.92 Å². The zero-order valence-electron chi connectivity index (χ0n) is 12.2. The number of hydrogen-bond acceptors (Lipinski definition) is 3. The van der Waals surface area contributed by atoms with Gasteiger partial charge in [0.15, 0.2) is 9.84 Å². The Morgan fingerprint density at radius 3 is 2.45 bits per heavy atom. The van der Waals surface area contributed by atoms with Crippen LogP contribution in [0.15, 0.2) is 29.2 Å². The summed E-state index contributed by atoms with van der Waals surface area (Å²) in [7, 11) is -0.992. The first-order valence-corrected chi connectivity index (χ1v) is 9.14. The Hall–Kier alpha value is -0.870. The Morgan fingerprint density at radius 1 is 1.10 bits per heavy atom. The largest absolute Gasteiger partial charge is 0.300 e. The third kappa shape index (κ3) is 2.51. The lowest BCUT2D eigenvalue weighted by Gasteiger charge is -2.37. The van der Waals surface area contributed by atoms with Crippen molar-refractivity contribution < 1.29 is 8.42 Å². The van der Waals surface area contributed by atoms with Crippen molar-refractivity contribution in [1.29, 1.82) is 0 Å². The normalized spacial score (nSPS) is 30.6. The summed E-state index contributed by atoms with van der Waals surface area (Å²) in [6.07, 6.45) is 4.61. The smallest absolute Gasteiger partial charge is 0.178 e. The van der Waals surface area contributed by atoms with Gasteiger partial charge in [-0.3, -0.25) is 0 Å². The Labute approximate surface area is 121 Å². The van der Waals surface area contributed by atoms with Gasteiger partial charge in [-0.05, 0) is 57.7 Å². The van der Waals surface area contributed by atoms with E-state index in [0.29, 0.717) is 28.6 Å². The second-order valence-electron chi connectivity index (χ2n) is 6.40. The van der Waals surface area contributed by atoms with Gasteiger partial charge in [0.1, 0.15) is 0 Å². The summed E-state index contributed by atoms with van der Waals surface area (Å²) in [6, 6.07) is 8.41. The van der Waals surface area contributed by atoms with Crippen LogP contribution in [0.3, 0.4) is 0 Å². The van der Waals surface area contributed by atoms with Gasteiger partial charge >= 0.3 is 0 Å². The number of rotatable bonds is 3. The lowest BCUT2D eigenvalue weighted by atomic mass is 9.92. The van der Waals surface area contributed by atoms with E-state index >= 15 is 0 Å². The summed E-state index contributed by atoms with van der Waals surface area (Å²) in [4.78, 5) is 2.89. The van der Waals surface area contributed by atoms with Crippen LogP contribution < -0.4 is 0 Å². The average molecular weight is 293 g/mol. The lowest BCUT2D eigenvalue weighted by molar-refractivity contribution is 0.131. The molecule has 0 aliphatic carbocycles. The van der Waals surface area contributed by atoms with E-state index in [4.69, 9.17) is 0 Å². The molecule has 2 saturated heterocycles. The number of fused-ring (bicyclic) bond motifs is 2. The van der Waals surface area contributed by atoms with Crippen LogP contribution in [-0.2, 0) is 9.84 Å². The monoisotopic (exact) mass is 293 g/mol. The van der Waals surface area contributed by atoms with Gasteiger partial charge in [-0.1, -0.05) is 17.7 Å². The number of piperidine rings is 1. The number of benzene rings is 1. The van der Waals surface area contributed by atoms with Crippen LogP contribution in [0.5, 0.6) is 0 Å². The number of nitrogens with zero attached hydrogens (tertiary/aromatic N) is 1. The maximum Gasteiger partial charge on any atom is 0.178 e. The Morgan fingerprint density at radius 2 is 1.75 bits per heavy atom. The molecule has 2 aliphatic rings. The Kier molecular flexibility index (Phi) is 3.63. The molecule has 1 aromatic rings. The van der Waals surface area contributed by atoms with Gasteiger partial charge < -0.3 is 4.90 Å².